The van der Waals surface area contributed by atoms with Gasteiger partial charge in [-0.2, -0.15) is 4.68 Å². The van der Waals surface area contributed by atoms with Gasteiger partial charge in [0.1, 0.15) is 12.6 Å². The zero-order valence-corrected chi connectivity index (χ0v) is 9.02. The molecule has 0 radical (unpaired) electrons. The fourth-order valence-corrected chi connectivity index (χ4v) is 1.11. The number of carboxylic acids is 1. The van der Waals surface area contributed by atoms with Crippen LogP contribution in [0.4, 0.5) is 5.82 Å². The van der Waals surface area contributed by atoms with Crippen LogP contribution in [0, 0.1) is 10.1 Å². The van der Waals surface area contributed by atoms with Crippen LogP contribution in [0.1, 0.15) is 0 Å². The van der Waals surface area contributed by atoms with Gasteiger partial charge in [-0.15, -0.1) is 0 Å². The van der Waals surface area contributed by atoms with Crippen LogP contribution >= 0.6 is 0 Å². The number of nitrogens with one attached hydrogen (secondary N) is 1. The van der Waals surface area contributed by atoms with Crippen molar-refractivity contribution in [1.82, 2.24) is 15.1 Å². The number of hydrogen-bond acceptors (Lipinski definition) is 6. The smallest absolute Gasteiger partial charge is 0.389 e. The summed E-state index contributed by atoms with van der Waals surface area (Å²) in [5, 5.41) is 33.1. The molecular formula is C8H10N4O6. The molecule has 0 fully saturated rings. The fourth-order valence-electron chi connectivity index (χ4n) is 1.11. The summed E-state index contributed by atoms with van der Waals surface area (Å²) in [6.07, 6.45) is 1.21. The maximum atomic E-state index is 11.3. The van der Waals surface area contributed by atoms with Crippen LogP contribution in [0.15, 0.2) is 12.3 Å². The van der Waals surface area contributed by atoms with Crippen LogP contribution in [0.25, 0.3) is 0 Å². The Labute approximate surface area is 100.0 Å². The molecule has 98 valence electrons. The van der Waals surface area contributed by atoms with Gasteiger partial charge in [0.25, 0.3) is 0 Å². The number of carbonyl (C=O) groups excluding carboxylic acids is 1. The zero-order chi connectivity index (χ0) is 13.7. The SMILES string of the molecule is O=C(Cn1ccc([N+](=O)[O-])n1)N[C@@H](CO)C(=O)O. The summed E-state index contributed by atoms with van der Waals surface area (Å²) in [5.74, 6) is -2.52. The van der Waals surface area contributed by atoms with E-state index in [2.05, 4.69) is 5.10 Å². The molecule has 0 unspecified atom stereocenters. The summed E-state index contributed by atoms with van der Waals surface area (Å²) in [4.78, 5) is 31.5. The minimum atomic E-state index is -1.41. The monoisotopic (exact) mass is 258 g/mol. The highest BCUT2D eigenvalue weighted by Gasteiger charge is 2.20. The molecule has 18 heavy (non-hydrogen) atoms. The van der Waals surface area contributed by atoms with Crippen molar-refractivity contribution in [3.05, 3.63) is 22.4 Å². The number of aliphatic carboxylic acids is 1. The summed E-state index contributed by atoms with van der Waals surface area (Å²) in [7, 11) is 0. The molecule has 1 aromatic rings. The van der Waals surface area contributed by atoms with E-state index in [0.717, 1.165) is 10.7 Å². The van der Waals surface area contributed by atoms with E-state index in [9.17, 15) is 19.7 Å². The summed E-state index contributed by atoms with van der Waals surface area (Å²) in [5.41, 5.74) is 0. The number of hydrogen-bond donors (Lipinski definition) is 3. The Balaban J connectivity index is 2.58. The Kier molecular flexibility index (Phi) is 4.32. The minimum absolute atomic E-state index is 0.377. The highest BCUT2D eigenvalue weighted by Crippen LogP contribution is 2.04. The average molecular weight is 258 g/mol. The van der Waals surface area contributed by atoms with Crippen molar-refractivity contribution >= 4 is 17.7 Å². The molecular weight excluding hydrogens is 248 g/mol. The maximum absolute atomic E-state index is 11.3. The molecule has 1 atom stereocenters. The molecule has 1 heterocycles. The second kappa shape index (κ2) is 5.72. The van der Waals surface area contributed by atoms with E-state index in [-0.39, 0.29) is 6.54 Å². The van der Waals surface area contributed by atoms with E-state index in [0.29, 0.717) is 0 Å². The number of carboxylic acid groups (broad SMARTS) is 1. The topological polar surface area (TPSA) is 148 Å². The summed E-state index contributed by atoms with van der Waals surface area (Å²) in [6.45, 7) is -1.13. The summed E-state index contributed by atoms with van der Waals surface area (Å²) >= 11 is 0. The normalized spacial score (nSPS) is 11.8. The third kappa shape index (κ3) is 3.52. The number of aromatic nitrogens is 2. The van der Waals surface area contributed by atoms with Crippen LogP contribution in [0.2, 0.25) is 0 Å². The number of rotatable bonds is 6. The van der Waals surface area contributed by atoms with Crippen molar-refractivity contribution < 1.29 is 24.7 Å². The maximum Gasteiger partial charge on any atom is 0.389 e. The van der Waals surface area contributed by atoms with E-state index in [1.807, 2.05) is 5.32 Å². The summed E-state index contributed by atoms with van der Waals surface area (Å²) in [6, 6.07) is -0.309. The Hall–Kier alpha value is -2.49. The van der Waals surface area contributed by atoms with Gasteiger partial charge in [-0.05, 0) is 4.92 Å². The van der Waals surface area contributed by atoms with Gasteiger partial charge in [0, 0.05) is 0 Å². The molecule has 10 heteroatoms. The molecule has 0 saturated heterocycles. The highest BCUT2D eigenvalue weighted by molar-refractivity contribution is 5.83. The van der Waals surface area contributed by atoms with Gasteiger partial charge in [-0.3, -0.25) is 4.79 Å². The predicted octanol–water partition coefficient (Wildman–Crippen LogP) is -1.65. The van der Waals surface area contributed by atoms with Crippen LogP contribution < -0.4 is 5.32 Å². The number of aliphatic hydroxyl groups is 1. The second-order valence-corrected chi connectivity index (χ2v) is 3.27. The molecule has 0 aromatic carbocycles. The van der Waals surface area contributed by atoms with Crippen molar-refractivity contribution in [2.24, 2.45) is 0 Å². The lowest BCUT2D eigenvalue weighted by molar-refractivity contribution is -0.389. The van der Waals surface area contributed by atoms with Gasteiger partial charge in [-0.25, -0.2) is 4.79 Å². The minimum Gasteiger partial charge on any atom is -0.480 e. The van der Waals surface area contributed by atoms with E-state index in [1.165, 1.54) is 6.20 Å². The van der Waals surface area contributed by atoms with Gasteiger partial charge in [-0.1, -0.05) is 0 Å². The molecule has 0 bridgehead atoms. The lowest BCUT2D eigenvalue weighted by atomic mass is 10.3. The Morgan fingerprint density at radius 3 is 2.72 bits per heavy atom. The van der Waals surface area contributed by atoms with Crippen molar-refractivity contribution in [3.63, 3.8) is 0 Å². The van der Waals surface area contributed by atoms with Crippen LogP contribution in [0.5, 0.6) is 0 Å². The van der Waals surface area contributed by atoms with E-state index >= 15 is 0 Å². The molecule has 0 aliphatic rings. The largest absolute Gasteiger partial charge is 0.480 e. The van der Waals surface area contributed by atoms with Crippen molar-refractivity contribution in [1.29, 1.82) is 0 Å². The third-order valence-electron chi connectivity index (χ3n) is 1.94. The first-order valence-corrected chi connectivity index (χ1v) is 4.75. The number of nitrogens with zero attached hydrogens (tertiary/aromatic N) is 3. The summed E-state index contributed by atoms with van der Waals surface area (Å²) < 4.78 is 0.990. The molecule has 1 aromatic heterocycles. The highest BCUT2D eigenvalue weighted by atomic mass is 16.6. The van der Waals surface area contributed by atoms with Crippen LogP contribution in [-0.2, 0) is 16.1 Å². The van der Waals surface area contributed by atoms with E-state index in [4.69, 9.17) is 10.2 Å². The molecule has 0 spiro atoms. The third-order valence-corrected chi connectivity index (χ3v) is 1.94. The Morgan fingerprint density at radius 1 is 1.61 bits per heavy atom. The average Bonchev–Trinajstić information content (AvgIpc) is 2.74. The zero-order valence-electron chi connectivity index (χ0n) is 9.02. The molecule has 1 amide bonds. The molecule has 0 aliphatic carbocycles. The van der Waals surface area contributed by atoms with Crippen molar-refractivity contribution in [2.45, 2.75) is 12.6 Å². The van der Waals surface area contributed by atoms with Gasteiger partial charge >= 0.3 is 11.8 Å². The van der Waals surface area contributed by atoms with Crippen LogP contribution in [0.3, 0.4) is 0 Å². The lowest BCUT2D eigenvalue weighted by Crippen LogP contribution is -2.44. The van der Waals surface area contributed by atoms with Crippen LogP contribution in [-0.4, -0.2) is 49.4 Å². The number of nitro groups is 1. The quantitative estimate of drug-likeness (QED) is 0.409. The Bertz CT molecular complexity index is 470. The standard InChI is InChI=1S/C8H10N4O6/c13-4-5(8(15)16)9-7(14)3-11-2-1-6(10-11)12(17)18/h1-2,5,13H,3-4H2,(H,9,14)(H,15,16)/t5-/m0/s1. The number of amides is 1. The molecule has 3 N–H and O–H groups in total. The molecule has 10 nitrogen and oxygen atoms in total. The first-order valence-electron chi connectivity index (χ1n) is 4.75. The van der Waals surface area contributed by atoms with E-state index < -0.39 is 35.3 Å². The lowest BCUT2D eigenvalue weighted by Gasteiger charge is -2.10. The van der Waals surface area contributed by atoms with Gasteiger partial charge in [0.15, 0.2) is 0 Å². The Morgan fingerprint density at radius 2 is 2.28 bits per heavy atom. The van der Waals surface area contributed by atoms with Crippen molar-refractivity contribution in [2.75, 3.05) is 6.61 Å². The number of carbonyl (C=O) groups is 2. The number of aliphatic hydroxyl groups excluding tert-OH is 1. The second-order valence-electron chi connectivity index (χ2n) is 3.27. The predicted molar refractivity (Wildman–Crippen MR) is 55.5 cm³/mol. The first kappa shape index (κ1) is 13.6. The molecule has 0 aliphatic heterocycles. The van der Waals surface area contributed by atoms with Gasteiger partial charge in [0.2, 0.25) is 5.91 Å². The van der Waals surface area contributed by atoms with Gasteiger partial charge < -0.3 is 25.6 Å². The first-order chi connectivity index (χ1) is 8.43. The molecule has 0 saturated carbocycles. The van der Waals surface area contributed by atoms with Gasteiger partial charge in [0.05, 0.1) is 24.0 Å². The van der Waals surface area contributed by atoms with Crippen molar-refractivity contribution in [3.8, 4) is 0 Å². The molecule has 1 rings (SSSR count). The van der Waals surface area contributed by atoms with E-state index in [1.54, 1.807) is 0 Å². The fraction of sp³-hybridized carbons (Fsp3) is 0.375.